The maximum absolute atomic E-state index is 13.2. The van der Waals surface area contributed by atoms with Gasteiger partial charge in [0.2, 0.25) is 0 Å². The molecule has 0 aliphatic carbocycles. The lowest BCUT2D eigenvalue weighted by Crippen LogP contribution is -2.44. The molecule has 15 heteroatoms. The SMILES string of the molecule is O=C(NCc1ccccc1)c1cc(NS(=O)(=O)c2ccc(F)cc2)cnc1N1CCNCC1.O=C(O)C(F)(F)F. The van der Waals surface area contributed by atoms with E-state index in [1.807, 2.05) is 35.2 Å². The van der Waals surface area contributed by atoms with E-state index in [0.717, 1.165) is 30.8 Å². The monoisotopic (exact) mass is 583 g/mol. The van der Waals surface area contributed by atoms with E-state index in [-0.39, 0.29) is 22.1 Å². The molecule has 1 aliphatic rings. The highest BCUT2D eigenvalue weighted by molar-refractivity contribution is 7.92. The third-order valence-corrected chi connectivity index (χ3v) is 6.84. The van der Waals surface area contributed by atoms with Gasteiger partial charge in [0.1, 0.15) is 11.6 Å². The molecule has 1 aromatic heterocycles. The van der Waals surface area contributed by atoms with Crippen LogP contribution in [0.3, 0.4) is 0 Å². The van der Waals surface area contributed by atoms with Crippen molar-refractivity contribution in [3.05, 3.63) is 83.8 Å². The number of hydrogen-bond acceptors (Lipinski definition) is 7. The minimum Gasteiger partial charge on any atom is -0.475 e. The van der Waals surface area contributed by atoms with Gasteiger partial charge in [-0.1, -0.05) is 30.3 Å². The number of benzene rings is 2. The maximum Gasteiger partial charge on any atom is 0.490 e. The Morgan fingerprint density at radius 2 is 1.62 bits per heavy atom. The second-order valence-corrected chi connectivity index (χ2v) is 10.0. The van der Waals surface area contributed by atoms with Crippen LogP contribution in [0.25, 0.3) is 0 Å². The highest BCUT2D eigenvalue weighted by Gasteiger charge is 2.38. The number of carboxylic acid groups (broad SMARTS) is 1. The highest BCUT2D eigenvalue weighted by Crippen LogP contribution is 2.24. The molecular formula is C25H25F4N5O5S. The van der Waals surface area contributed by atoms with E-state index < -0.39 is 28.0 Å². The zero-order chi connectivity index (χ0) is 29.3. The predicted molar refractivity (Wildman–Crippen MR) is 138 cm³/mol. The topological polar surface area (TPSA) is 141 Å². The van der Waals surface area contributed by atoms with E-state index in [4.69, 9.17) is 9.90 Å². The lowest BCUT2D eigenvalue weighted by atomic mass is 10.1. The fraction of sp³-hybridized carbons (Fsp3) is 0.240. The second kappa shape index (κ2) is 13.2. The zero-order valence-corrected chi connectivity index (χ0v) is 21.6. The molecule has 214 valence electrons. The number of sulfonamides is 1. The molecule has 1 fully saturated rings. The third-order valence-electron chi connectivity index (χ3n) is 5.44. The van der Waals surface area contributed by atoms with E-state index >= 15 is 0 Å². The number of carboxylic acids is 1. The van der Waals surface area contributed by atoms with E-state index in [0.29, 0.717) is 25.5 Å². The molecule has 1 aliphatic heterocycles. The summed E-state index contributed by atoms with van der Waals surface area (Å²) < 4.78 is 72.8. The molecule has 0 radical (unpaired) electrons. The van der Waals surface area contributed by atoms with E-state index in [2.05, 4.69) is 20.3 Å². The first-order valence-corrected chi connectivity index (χ1v) is 13.2. The Hall–Kier alpha value is -4.24. The van der Waals surface area contributed by atoms with Crippen LogP contribution in [0, 0.1) is 5.82 Å². The zero-order valence-electron chi connectivity index (χ0n) is 20.8. The number of carbonyl (C=O) groups excluding carboxylic acids is 1. The van der Waals surface area contributed by atoms with Crippen molar-refractivity contribution in [2.24, 2.45) is 0 Å². The van der Waals surface area contributed by atoms with Gasteiger partial charge in [0.25, 0.3) is 15.9 Å². The van der Waals surface area contributed by atoms with Crippen molar-refractivity contribution in [2.75, 3.05) is 35.8 Å². The van der Waals surface area contributed by atoms with Crippen LogP contribution in [0.5, 0.6) is 0 Å². The molecule has 0 saturated carbocycles. The summed E-state index contributed by atoms with van der Waals surface area (Å²) in [6.07, 6.45) is -3.70. The van der Waals surface area contributed by atoms with Gasteiger partial charge >= 0.3 is 12.1 Å². The van der Waals surface area contributed by atoms with Gasteiger partial charge in [-0.25, -0.2) is 22.6 Å². The molecule has 4 N–H and O–H groups in total. The molecule has 3 aromatic rings. The Bertz CT molecular complexity index is 1420. The number of alkyl halides is 3. The number of nitrogens with one attached hydrogen (secondary N) is 3. The van der Waals surface area contributed by atoms with Gasteiger partial charge in [0, 0.05) is 32.7 Å². The number of carbonyl (C=O) groups is 2. The summed E-state index contributed by atoms with van der Waals surface area (Å²) in [6.45, 7) is 3.18. The minimum absolute atomic E-state index is 0.0924. The molecule has 0 bridgehead atoms. The van der Waals surface area contributed by atoms with Crippen LogP contribution < -0.4 is 20.3 Å². The average molecular weight is 584 g/mol. The molecule has 0 spiro atoms. The fourth-order valence-corrected chi connectivity index (χ4v) is 4.54. The Balaban J connectivity index is 0.000000559. The molecule has 40 heavy (non-hydrogen) atoms. The molecule has 2 aromatic carbocycles. The first kappa shape index (κ1) is 30.3. The van der Waals surface area contributed by atoms with Crippen LogP contribution in [0.15, 0.2) is 71.8 Å². The van der Waals surface area contributed by atoms with Crippen LogP contribution in [0.4, 0.5) is 29.1 Å². The minimum atomic E-state index is -5.08. The number of halogens is 4. The van der Waals surface area contributed by atoms with Gasteiger partial charge in [-0.3, -0.25) is 9.52 Å². The normalized spacial score (nSPS) is 13.6. The number of pyridine rings is 1. The van der Waals surface area contributed by atoms with E-state index in [1.165, 1.54) is 24.4 Å². The molecule has 4 rings (SSSR count). The van der Waals surface area contributed by atoms with Gasteiger partial charge in [0.15, 0.2) is 0 Å². The predicted octanol–water partition coefficient (Wildman–Crippen LogP) is 2.99. The number of anilines is 2. The van der Waals surface area contributed by atoms with Gasteiger partial charge in [-0.05, 0) is 35.9 Å². The third kappa shape index (κ3) is 8.64. The van der Waals surface area contributed by atoms with Crippen molar-refractivity contribution in [3.8, 4) is 0 Å². The summed E-state index contributed by atoms with van der Waals surface area (Å²) in [7, 11) is -3.98. The highest BCUT2D eigenvalue weighted by atomic mass is 32.2. The largest absolute Gasteiger partial charge is 0.490 e. The van der Waals surface area contributed by atoms with Gasteiger partial charge in [0.05, 0.1) is 22.3 Å². The number of rotatable bonds is 7. The summed E-state index contributed by atoms with van der Waals surface area (Å²) >= 11 is 0. The van der Waals surface area contributed by atoms with Crippen LogP contribution in [-0.2, 0) is 21.4 Å². The van der Waals surface area contributed by atoms with Crippen LogP contribution in [-0.4, -0.2) is 62.7 Å². The van der Waals surface area contributed by atoms with Crippen molar-refractivity contribution >= 4 is 33.4 Å². The van der Waals surface area contributed by atoms with Crippen molar-refractivity contribution < 1.29 is 40.7 Å². The Kier molecular flexibility index (Phi) is 10.0. The molecule has 1 amide bonds. The van der Waals surface area contributed by atoms with E-state index in [9.17, 15) is 30.8 Å². The molecule has 1 saturated heterocycles. The smallest absolute Gasteiger partial charge is 0.475 e. The standard InChI is InChI=1S/C23H24FN5O3S.C2HF3O2/c24-18-6-8-20(9-7-18)33(31,32)28-19-14-21(22(26-16-19)29-12-10-25-11-13-29)23(30)27-15-17-4-2-1-3-5-17;3-2(4,5)1(6)7/h1-9,14,16,25,28H,10-13,15H2,(H,27,30);(H,6,7). The molecule has 0 atom stereocenters. The van der Waals surface area contributed by atoms with Crippen LogP contribution in [0.2, 0.25) is 0 Å². The second-order valence-electron chi connectivity index (χ2n) is 8.36. The summed E-state index contributed by atoms with van der Waals surface area (Å²) in [5.41, 5.74) is 1.35. The maximum atomic E-state index is 13.2. The summed E-state index contributed by atoms with van der Waals surface area (Å²) in [4.78, 5) is 28.3. The number of aromatic nitrogens is 1. The van der Waals surface area contributed by atoms with Gasteiger partial charge in [-0.2, -0.15) is 13.2 Å². The number of amides is 1. The Morgan fingerprint density at radius 3 is 2.20 bits per heavy atom. The lowest BCUT2D eigenvalue weighted by molar-refractivity contribution is -0.192. The molecule has 10 nitrogen and oxygen atoms in total. The first-order valence-electron chi connectivity index (χ1n) is 11.7. The average Bonchev–Trinajstić information content (AvgIpc) is 2.92. The Morgan fingerprint density at radius 1 is 1.02 bits per heavy atom. The quantitative estimate of drug-likeness (QED) is 0.311. The number of piperazine rings is 1. The molecule has 0 unspecified atom stereocenters. The lowest BCUT2D eigenvalue weighted by Gasteiger charge is -2.30. The Labute approximate surface area is 227 Å². The first-order chi connectivity index (χ1) is 18.9. The van der Waals surface area contributed by atoms with Gasteiger partial charge < -0.3 is 20.6 Å². The van der Waals surface area contributed by atoms with Crippen molar-refractivity contribution in [1.29, 1.82) is 0 Å². The number of aliphatic carboxylic acids is 1. The van der Waals surface area contributed by atoms with Crippen molar-refractivity contribution in [2.45, 2.75) is 17.6 Å². The molecule has 2 heterocycles. The molecular weight excluding hydrogens is 558 g/mol. The van der Waals surface area contributed by atoms with Crippen molar-refractivity contribution in [3.63, 3.8) is 0 Å². The number of hydrogen-bond donors (Lipinski definition) is 4. The van der Waals surface area contributed by atoms with Crippen LogP contribution in [0.1, 0.15) is 15.9 Å². The van der Waals surface area contributed by atoms with Crippen LogP contribution >= 0.6 is 0 Å². The van der Waals surface area contributed by atoms with Crippen molar-refractivity contribution in [1.82, 2.24) is 15.6 Å². The fourth-order valence-electron chi connectivity index (χ4n) is 3.51. The summed E-state index contributed by atoms with van der Waals surface area (Å²) in [5.74, 6) is -3.16. The van der Waals surface area contributed by atoms with Gasteiger partial charge in [-0.15, -0.1) is 0 Å². The number of nitrogens with zero attached hydrogens (tertiary/aromatic N) is 2. The summed E-state index contributed by atoms with van der Waals surface area (Å²) in [6, 6.07) is 15.5. The van der Waals surface area contributed by atoms with E-state index in [1.54, 1.807) is 0 Å². The summed E-state index contributed by atoms with van der Waals surface area (Å²) in [5, 5.41) is 13.3.